The number of anilines is 1. The van der Waals surface area contributed by atoms with Crippen molar-refractivity contribution < 1.29 is 0 Å². The molecule has 2 rings (SSSR count). The lowest BCUT2D eigenvalue weighted by atomic mass is 9.90. The molecule has 0 spiro atoms. The molecule has 0 unspecified atom stereocenters. The monoisotopic (exact) mass is 358 g/mol. The van der Waals surface area contributed by atoms with Crippen LogP contribution in [0, 0.1) is 0 Å². The quantitative estimate of drug-likeness (QED) is 0.816. The summed E-state index contributed by atoms with van der Waals surface area (Å²) in [6.45, 7) is 6.45. The standard InChI is InChI=1S/C14H16BrClN2S/c1-14(2,3)12-11(19-13(17)18-12)7-8-6-9(16)4-5-10(8)15/h4-6H,7H2,1-3H3,(H2,17,18). The van der Waals surface area contributed by atoms with Crippen molar-refractivity contribution in [3.8, 4) is 0 Å². The zero-order valence-electron chi connectivity index (χ0n) is 11.1. The van der Waals surface area contributed by atoms with Crippen LogP contribution in [0.25, 0.3) is 0 Å². The summed E-state index contributed by atoms with van der Waals surface area (Å²) in [5, 5.41) is 1.37. The number of hydrogen-bond acceptors (Lipinski definition) is 3. The van der Waals surface area contributed by atoms with Crippen molar-refractivity contribution in [2.75, 3.05) is 5.73 Å². The van der Waals surface area contributed by atoms with Gasteiger partial charge in [0.25, 0.3) is 0 Å². The minimum Gasteiger partial charge on any atom is -0.375 e. The molecule has 0 aliphatic carbocycles. The lowest BCUT2D eigenvalue weighted by molar-refractivity contribution is 0.568. The fourth-order valence-corrected chi connectivity index (χ4v) is 3.57. The molecule has 0 fully saturated rings. The molecule has 5 heteroatoms. The maximum absolute atomic E-state index is 6.06. The average Bonchev–Trinajstić information content (AvgIpc) is 2.65. The summed E-state index contributed by atoms with van der Waals surface area (Å²) in [6.07, 6.45) is 0.794. The van der Waals surface area contributed by atoms with Gasteiger partial charge in [0, 0.05) is 26.2 Å². The third kappa shape index (κ3) is 3.50. The zero-order valence-corrected chi connectivity index (χ0v) is 14.3. The third-order valence-corrected chi connectivity index (χ3v) is 4.68. The number of nitrogen functional groups attached to an aromatic ring is 1. The molecule has 0 saturated heterocycles. The third-order valence-electron chi connectivity index (χ3n) is 2.78. The van der Waals surface area contributed by atoms with Crippen LogP contribution >= 0.6 is 38.9 Å². The van der Waals surface area contributed by atoms with Gasteiger partial charge in [-0.25, -0.2) is 4.98 Å². The smallest absolute Gasteiger partial charge is 0.180 e. The fraction of sp³-hybridized carbons (Fsp3) is 0.357. The topological polar surface area (TPSA) is 38.9 Å². The van der Waals surface area contributed by atoms with Crippen LogP contribution in [0.15, 0.2) is 22.7 Å². The Morgan fingerprint density at radius 3 is 2.68 bits per heavy atom. The van der Waals surface area contributed by atoms with Gasteiger partial charge in [-0.2, -0.15) is 0 Å². The van der Waals surface area contributed by atoms with Crippen molar-refractivity contribution in [2.45, 2.75) is 32.6 Å². The lowest BCUT2D eigenvalue weighted by Crippen LogP contribution is -2.14. The van der Waals surface area contributed by atoms with Crippen LogP contribution in [0.5, 0.6) is 0 Å². The SMILES string of the molecule is CC(C)(C)c1nc(N)sc1Cc1cc(Cl)ccc1Br. The van der Waals surface area contributed by atoms with Crippen molar-refractivity contribution in [1.82, 2.24) is 4.98 Å². The van der Waals surface area contributed by atoms with E-state index in [1.54, 1.807) is 11.3 Å². The molecule has 0 aliphatic heterocycles. The molecule has 0 amide bonds. The summed E-state index contributed by atoms with van der Waals surface area (Å²) in [6, 6.07) is 5.83. The average molecular weight is 360 g/mol. The minimum absolute atomic E-state index is 0.00545. The minimum atomic E-state index is -0.00545. The number of nitrogens with zero attached hydrogens (tertiary/aromatic N) is 1. The summed E-state index contributed by atoms with van der Waals surface area (Å²) in [5.74, 6) is 0. The molecule has 0 saturated carbocycles. The highest BCUT2D eigenvalue weighted by Gasteiger charge is 2.23. The Morgan fingerprint density at radius 2 is 2.05 bits per heavy atom. The van der Waals surface area contributed by atoms with Crippen LogP contribution in [0.1, 0.15) is 36.9 Å². The first kappa shape index (κ1) is 14.8. The van der Waals surface area contributed by atoms with Gasteiger partial charge >= 0.3 is 0 Å². The highest BCUT2D eigenvalue weighted by atomic mass is 79.9. The van der Waals surface area contributed by atoms with Crippen molar-refractivity contribution >= 4 is 44.0 Å². The summed E-state index contributed by atoms with van der Waals surface area (Å²) in [4.78, 5) is 5.68. The molecule has 0 atom stereocenters. The van der Waals surface area contributed by atoms with E-state index >= 15 is 0 Å². The molecule has 19 heavy (non-hydrogen) atoms. The van der Waals surface area contributed by atoms with Crippen LogP contribution in [0.2, 0.25) is 5.02 Å². The molecule has 2 nitrogen and oxygen atoms in total. The number of rotatable bonds is 2. The van der Waals surface area contributed by atoms with E-state index in [4.69, 9.17) is 17.3 Å². The normalized spacial score (nSPS) is 11.8. The van der Waals surface area contributed by atoms with Gasteiger partial charge in [-0.05, 0) is 23.8 Å². The van der Waals surface area contributed by atoms with E-state index in [0.717, 1.165) is 27.2 Å². The zero-order chi connectivity index (χ0) is 14.2. The van der Waals surface area contributed by atoms with Crippen LogP contribution in [0.4, 0.5) is 5.13 Å². The highest BCUT2D eigenvalue weighted by Crippen LogP contribution is 2.34. The predicted molar refractivity (Wildman–Crippen MR) is 87.2 cm³/mol. The first-order chi connectivity index (χ1) is 8.77. The predicted octanol–water partition coefficient (Wildman–Crippen LogP) is 5.03. The largest absolute Gasteiger partial charge is 0.375 e. The van der Waals surface area contributed by atoms with Crippen molar-refractivity contribution in [1.29, 1.82) is 0 Å². The van der Waals surface area contributed by atoms with Crippen LogP contribution in [-0.4, -0.2) is 4.98 Å². The fourth-order valence-electron chi connectivity index (χ4n) is 1.93. The summed E-state index contributed by atoms with van der Waals surface area (Å²) in [7, 11) is 0. The molecular formula is C14H16BrClN2S. The number of benzene rings is 1. The summed E-state index contributed by atoms with van der Waals surface area (Å²) < 4.78 is 1.06. The summed E-state index contributed by atoms with van der Waals surface area (Å²) in [5.41, 5.74) is 8.09. The van der Waals surface area contributed by atoms with Gasteiger partial charge < -0.3 is 5.73 Å². The van der Waals surface area contributed by atoms with Gasteiger partial charge in [-0.15, -0.1) is 11.3 Å². The lowest BCUT2D eigenvalue weighted by Gasteiger charge is -2.17. The van der Waals surface area contributed by atoms with Gasteiger partial charge in [0.05, 0.1) is 5.69 Å². The van der Waals surface area contributed by atoms with Gasteiger partial charge in [0.15, 0.2) is 5.13 Å². The maximum atomic E-state index is 6.06. The van der Waals surface area contributed by atoms with E-state index in [-0.39, 0.29) is 5.41 Å². The highest BCUT2D eigenvalue weighted by molar-refractivity contribution is 9.10. The van der Waals surface area contributed by atoms with Crippen molar-refractivity contribution in [3.05, 3.63) is 43.8 Å². The molecule has 0 aliphatic rings. The van der Waals surface area contributed by atoms with E-state index in [1.165, 1.54) is 4.88 Å². The number of aromatic nitrogens is 1. The number of nitrogens with two attached hydrogens (primary N) is 1. The summed E-state index contributed by atoms with van der Waals surface area (Å²) >= 11 is 11.2. The Bertz CT molecular complexity index is 602. The maximum Gasteiger partial charge on any atom is 0.180 e. The Labute approximate surface area is 131 Å². The molecule has 1 aromatic heterocycles. The second-order valence-electron chi connectivity index (χ2n) is 5.49. The molecule has 2 aromatic rings. The Balaban J connectivity index is 2.41. The van der Waals surface area contributed by atoms with Gasteiger partial charge in [0.1, 0.15) is 0 Å². The van der Waals surface area contributed by atoms with E-state index in [0.29, 0.717) is 5.13 Å². The van der Waals surface area contributed by atoms with E-state index in [1.807, 2.05) is 18.2 Å². The van der Waals surface area contributed by atoms with E-state index in [2.05, 4.69) is 41.7 Å². The second kappa shape index (κ2) is 5.43. The van der Waals surface area contributed by atoms with Crippen molar-refractivity contribution in [2.24, 2.45) is 0 Å². The Morgan fingerprint density at radius 1 is 1.37 bits per heavy atom. The molecule has 1 heterocycles. The molecule has 102 valence electrons. The van der Waals surface area contributed by atoms with E-state index in [9.17, 15) is 0 Å². The molecule has 2 N–H and O–H groups in total. The Kier molecular flexibility index (Phi) is 4.23. The molecule has 1 aromatic carbocycles. The van der Waals surface area contributed by atoms with E-state index < -0.39 is 0 Å². The number of halogens is 2. The number of thiazole rings is 1. The molecule has 0 radical (unpaired) electrons. The Hall–Kier alpha value is -0.580. The first-order valence-corrected chi connectivity index (χ1v) is 7.95. The molecular weight excluding hydrogens is 344 g/mol. The van der Waals surface area contributed by atoms with Gasteiger partial charge in [-0.1, -0.05) is 48.3 Å². The first-order valence-electron chi connectivity index (χ1n) is 5.97. The van der Waals surface area contributed by atoms with Crippen LogP contribution in [-0.2, 0) is 11.8 Å². The van der Waals surface area contributed by atoms with Gasteiger partial charge in [0.2, 0.25) is 0 Å². The van der Waals surface area contributed by atoms with Crippen molar-refractivity contribution in [3.63, 3.8) is 0 Å². The number of hydrogen-bond donors (Lipinski definition) is 1. The van der Waals surface area contributed by atoms with Gasteiger partial charge in [-0.3, -0.25) is 0 Å². The second-order valence-corrected chi connectivity index (χ2v) is 7.89. The molecule has 0 bridgehead atoms. The van der Waals surface area contributed by atoms with Crippen LogP contribution in [0.3, 0.4) is 0 Å². The van der Waals surface area contributed by atoms with Crippen LogP contribution < -0.4 is 5.73 Å².